The van der Waals surface area contributed by atoms with Gasteiger partial charge in [0.25, 0.3) is 0 Å². The molecule has 0 saturated heterocycles. The number of hydrogen-bond donors (Lipinski definition) is 1. The number of alkyl carbamates (subject to hydrolysis) is 1. The molecule has 112 valence electrons. The van der Waals surface area contributed by atoms with Crippen molar-refractivity contribution in [1.82, 2.24) is 5.32 Å². The molecule has 1 unspecified atom stereocenters. The average molecular weight is 275 g/mol. The van der Waals surface area contributed by atoms with E-state index in [1.807, 2.05) is 0 Å². The maximum Gasteiger partial charge on any atom is 0.407 e. The molecule has 6 heteroatoms. The highest BCUT2D eigenvalue weighted by Gasteiger charge is 2.03. The first-order chi connectivity index (χ1) is 9.10. The number of hydrogen-bond acceptors (Lipinski definition) is 5. The normalized spacial score (nSPS) is 11.5. The van der Waals surface area contributed by atoms with Gasteiger partial charge in [0.2, 0.25) is 0 Å². The van der Waals surface area contributed by atoms with Crippen LogP contribution < -0.4 is 5.32 Å². The van der Waals surface area contributed by atoms with Gasteiger partial charge in [-0.25, -0.2) is 9.59 Å². The summed E-state index contributed by atoms with van der Waals surface area (Å²) in [4.78, 5) is 21.8. The molecule has 19 heavy (non-hydrogen) atoms. The van der Waals surface area contributed by atoms with E-state index in [9.17, 15) is 9.59 Å². The Hall–Kier alpha value is -1.56. The van der Waals surface area contributed by atoms with Gasteiger partial charge < -0.3 is 19.5 Å². The van der Waals surface area contributed by atoms with Crippen molar-refractivity contribution in [1.29, 1.82) is 0 Å². The van der Waals surface area contributed by atoms with Crippen LogP contribution in [0, 0.1) is 5.92 Å². The number of ether oxygens (including phenoxy) is 3. The van der Waals surface area contributed by atoms with Gasteiger partial charge in [0.1, 0.15) is 13.2 Å². The van der Waals surface area contributed by atoms with Gasteiger partial charge in [-0.3, -0.25) is 0 Å². The van der Waals surface area contributed by atoms with E-state index in [1.165, 1.54) is 0 Å². The zero-order valence-electron chi connectivity index (χ0n) is 11.6. The van der Waals surface area contributed by atoms with Crippen molar-refractivity contribution >= 4 is 12.1 Å². The van der Waals surface area contributed by atoms with Crippen molar-refractivity contribution < 1.29 is 25.2 Å². The SMILES string of the molecule is C=CC(=O)OCCNC(=O)OCCOCC(C)CC.[HH]. The van der Waals surface area contributed by atoms with Crippen molar-refractivity contribution in [2.75, 3.05) is 33.0 Å². The quantitative estimate of drug-likeness (QED) is 0.373. The standard InChI is InChI=1S/C13H23NO5.H2/c1-4-11(3)10-17-8-9-19-13(16)14-6-7-18-12(15)5-2;/h5,11H,2,4,6-10H2,1,3H3,(H,14,16);1H. The third-order valence-electron chi connectivity index (χ3n) is 2.34. The van der Waals surface area contributed by atoms with Crippen LogP contribution in [0.2, 0.25) is 0 Å². The van der Waals surface area contributed by atoms with Gasteiger partial charge >= 0.3 is 12.1 Å². The molecule has 0 radical (unpaired) electrons. The van der Waals surface area contributed by atoms with Crippen LogP contribution in [0.15, 0.2) is 12.7 Å². The second kappa shape index (κ2) is 11.5. The lowest BCUT2D eigenvalue weighted by Crippen LogP contribution is -2.29. The van der Waals surface area contributed by atoms with Crippen molar-refractivity contribution in [2.45, 2.75) is 20.3 Å². The van der Waals surface area contributed by atoms with Gasteiger partial charge in [-0.05, 0) is 5.92 Å². The molecule has 0 aliphatic carbocycles. The number of carbonyl (C=O) groups is 2. The Bertz CT molecular complexity index is 286. The van der Waals surface area contributed by atoms with Crippen molar-refractivity contribution in [3.8, 4) is 0 Å². The molecule has 0 fully saturated rings. The van der Waals surface area contributed by atoms with Crippen molar-refractivity contribution in [2.24, 2.45) is 5.92 Å². The Morgan fingerprint density at radius 1 is 1.32 bits per heavy atom. The minimum absolute atomic E-state index is 0. The van der Waals surface area contributed by atoms with E-state index in [0.717, 1.165) is 12.5 Å². The minimum atomic E-state index is -0.554. The summed E-state index contributed by atoms with van der Waals surface area (Å²) >= 11 is 0. The third kappa shape index (κ3) is 11.3. The molecule has 0 saturated carbocycles. The van der Waals surface area contributed by atoms with Crippen LogP contribution in [0.4, 0.5) is 4.79 Å². The van der Waals surface area contributed by atoms with Gasteiger partial charge in [-0.1, -0.05) is 26.8 Å². The van der Waals surface area contributed by atoms with E-state index in [4.69, 9.17) is 9.47 Å². The highest BCUT2D eigenvalue weighted by Crippen LogP contribution is 1.99. The predicted molar refractivity (Wildman–Crippen MR) is 72.9 cm³/mol. The topological polar surface area (TPSA) is 73.9 Å². The Balaban J connectivity index is 0. The van der Waals surface area contributed by atoms with Gasteiger partial charge in [0.15, 0.2) is 0 Å². The van der Waals surface area contributed by atoms with Crippen molar-refractivity contribution in [3.05, 3.63) is 12.7 Å². The summed E-state index contributed by atoms with van der Waals surface area (Å²) in [6.07, 6.45) is 1.57. The van der Waals surface area contributed by atoms with Crippen LogP contribution in [0.1, 0.15) is 21.7 Å². The number of nitrogens with one attached hydrogen (secondary N) is 1. The molecule has 6 nitrogen and oxygen atoms in total. The predicted octanol–water partition coefficient (Wildman–Crippen LogP) is 1.75. The third-order valence-corrected chi connectivity index (χ3v) is 2.34. The van der Waals surface area contributed by atoms with Gasteiger partial charge in [-0.2, -0.15) is 0 Å². The van der Waals surface area contributed by atoms with Gasteiger partial charge in [0.05, 0.1) is 13.2 Å². The van der Waals surface area contributed by atoms with E-state index in [2.05, 4.69) is 30.5 Å². The molecule has 0 spiro atoms. The second-order valence-electron chi connectivity index (χ2n) is 4.02. The highest BCUT2D eigenvalue weighted by molar-refractivity contribution is 5.81. The Morgan fingerprint density at radius 2 is 2.05 bits per heavy atom. The first-order valence-electron chi connectivity index (χ1n) is 6.37. The monoisotopic (exact) mass is 275 g/mol. The number of amides is 1. The summed E-state index contributed by atoms with van der Waals surface area (Å²) in [6.45, 7) is 8.98. The molecular formula is C13H25NO5. The zero-order chi connectivity index (χ0) is 14.5. The number of rotatable bonds is 10. The van der Waals surface area contributed by atoms with Crippen LogP contribution >= 0.6 is 0 Å². The van der Waals surface area contributed by atoms with Crippen LogP contribution in [-0.4, -0.2) is 45.0 Å². The summed E-state index contributed by atoms with van der Waals surface area (Å²) < 4.78 is 14.8. The number of carbonyl (C=O) groups excluding carboxylic acids is 2. The molecular weight excluding hydrogens is 250 g/mol. The second-order valence-corrected chi connectivity index (χ2v) is 4.02. The average Bonchev–Trinajstić information content (AvgIpc) is 2.42. The fourth-order valence-corrected chi connectivity index (χ4v) is 1.01. The van der Waals surface area contributed by atoms with E-state index in [-0.39, 0.29) is 21.2 Å². The zero-order valence-corrected chi connectivity index (χ0v) is 11.6. The van der Waals surface area contributed by atoms with Crippen LogP contribution in [-0.2, 0) is 19.0 Å². The van der Waals surface area contributed by atoms with Gasteiger partial charge in [0, 0.05) is 14.1 Å². The summed E-state index contributed by atoms with van der Waals surface area (Å²) in [5.41, 5.74) is 0. The summed E-state index contributed by atoms with van der Waals surface area (Å²) in [5.74, 6) is -0.0121. The Kier molecular flexibility index (Phi) is 10.6. The summed E-state index contributed by atoms with van der Waals surface area (Å²) in [7, 11) is 0. The molecule has 1 N–H and O–H groups in total. The molecule has 0 aliphatic rings. The first-order valence-corrected chi connectivity index (χ1v) is 6.37. The van der Waals surface area contributed by atoms with E-state index in [1.54, 1.807) is 0 Å². The smallest absolute Gasteiger partial charge is 0.407 e. The van der Waals surface area contributed by atoms with Crippen LogP contribution in [0.25, 0.3) is 0 Å². The van der Waals surface area contributed by atoms with E-state index >= 15 is 0 Å². The minimum Gasteiger partial charge on any atom is -0.461 e. The first kappa shape index (κ1) is 17.4. The van der Waals surface area contributed by atoms with Crippen LogP contribution in [0.5, 0.6) is 0 Å². The van der Waals surface area contributed by atoms with Crippen LogP contribution in [0.3, 0.4) is 0 Å². The maximum absolute atomic E-state index is 11.2. The summed E-state index contributed by atoms with van der Waals surface area (Å²) in [5, 5.41) is 2.44. The fourth-order valence-electron chi connectivity index (χ4n) is 1.01. The fraction of sp³-hybridized carbons (Fsp3) is 0.692. The molecule has 0 aromatic rings. The molecule has 0 rings (SSSR count). The highest BCUT2D eigenvalue weighted by atomic mass is 16.6. The molecule has 0 aromatic carbocycles. The van der Waals surface area contributed by atoms with Crippen molar-refractivity contribution in [3.63, 3.8) is 0 Å². The molecule has 0 heterocycles. The molecule has 1 amide bonds. The van der Waals surface area contributed by atoms with E-state index in [0.29, 0.717) is 19.1 Å². The lowest BCUT2D eigenvalue weighted by Gasteiger charge is -2.10. The van der Waals surface area contributed by atoms with Gasteiger partial charge in [-0.15, -0.1) is 0 Å². The summed E-state index contributed by atoms with van der Waals surface area (Å²) in [6, 6.07) is 0. The molecule has 0 aromatic heterocycles. The lowest BCUT2D eigenvalue weighted by atomic mass is 10.1. The largest absolute Gasteiger partial charge is 0.461 e. The number of esters is 1. The molecule has 1 atom stereocenters. The molecule has 0 bridgehead atoms. The van der Waals surface area contributed by atoms with E-state index < -0.39 is 12.1 Å². The molecule has 0 aliphatic heterocycles. The maximum atomic E-state index is 11.2. The Morgan fingerprint density at radius 3 is 2.68 bits per heavy atom. The lowest BCUT2D eigenvalue weighted by molar-refractivity contribution is -0.137. The Labute approximate surface area is 115 Å².